The predicted octanol–water partition coefficient (Wildman–Crippen LogP) is 5.98. The molecule has 1 N–H and O–H groups in total. The molecule has 2 aliphatic heterocycles. The highest BCUT2D eigenvalue weighted by atomic mass is 32.2. The highest BCUT2D eigenvalue weighted by molar-refractivity contribution is 7.92. The quantitative estimate of drug-likeness (QED) is 0.415. The fourth-order valence-corrected chi connectivity index (χ4v) is 6.38. The predicted molar refractivity (Wildman–Crippen MR) is 150 cm³/mol. The van der Waals surface area contributed by atoms with Gasteiger partial charge in [-0.25, -0.2) is 9.97 Å². The van der Waals surface area contributed by atoms with Gasteiger partial charge in [0, 0.05) is 25.2 Å². The molecule has 7 nitrogen and oxygen atoms in total. The van der Waals surface area contributed by atoms with Crippen molar-refractivity contribution in [1.29, 1.82) is 0 Å². The molecule has 2 aromatic heterocycles. The van der Waals surface area contributed by atoms with Gasteiger partial charge in [0.05, 0.1) is 11.3 Å². The van der Waals surface area contributed by atoms with Gasteiger partial charge in [0.25, 0.3) is 10.0 Å². The molecule has 1 saturated heterocycles. The molecule has 4 bridgehead atoms. The zero-order valence-corrected chi connectivity index (χ0v) is 23.1. The van der Waals surface area contributed by atoms with Crippen LogP contribution in [0.4, 0.5) is 24.8 Å². The Morgan fingerprint density at radius 3 is 2.35 bits per heavy atom. The van der Waals surface area contributed by atoms with Crippen LogP contribution in [-0.2, 0) is 22.6 Å². The van der Waals surface area contributed by atoms with Crippen LogP contribution >= 0.6 is 0 Å². The maximum absolute atomic E-state index is 14.0. The van der Waals surface area contributed by atoms with Crippen LogP contribution in [0.15, 0.2) is 59.6 Å². The molecule has 0 atom stereocenters. The number of fused-ring (bicyclic) bond motifs is 6. The van der Waals surface area contributed by atoms with Crippen molar-refractivity contribution in [1.82, 2.24) is 14.9 Å². The number of benzene rings is 1. The van der Waals surface area contributed by atoms with E-state index in [0.29, 0.717) is 24.3 Å². The molecule has 4 heterocycles. The van der Waals surface area contributed by atoms with E-state index in [1.54, 1.807) is 24.3 Å². The summed E-state index contributed by atoms with van der Waals surface area (Å²) >= 11 is 0. The van der Waals surface area contributed by atoms with Crippen LogP contribution < -0.4 is 9.62 Å². The molecular weight excluding hydrogens is 539 g/mol. The van der Waals surface area contributed by atoms with E-state index in [0.717, 1.165) is 63.1 Å². The Bertz CT molecular complexity index is 1430. The zero-order chi connectivity index (χ0) is 28.2. The molecule has 0 aliphatic carbocycles. The molecule has 214 valence electrons. The molecule has 40 heavy (non-hydrogen) atoms. The zero-order valence-electron chi connectivity index (χ0n) is 22.3. The molecule has 1 aromatic carbocycles. The third-order valence-electron chi connectivity index (χ3n) is 7.53. The minimum Gasteiger partial charge on any atom is -0.355 e. The fourth-order valence-electron chi connectivity index (χ4n) is 5.42. The number of aromatic nitrogens is 2. The summed E-state index contributed by atoms with van der Waals surface area (Å²) in [7, 11) is -4.21. The number of halogens is 3. The maximum Gasteiger partial charge on any atom is 0.418 e. The van der Waals surface area contributed by atoms with E-state index in [-0.39, 0.29) is 16.5 Å². The molecule has 0 amide bonds. The summed E-state index contributed by atoms with van der Waals surface area (Å²) in [5.41, 5.74) is -0.0952. The van der Waals surface area contributed by atoms with E-state index in [1.807, 2.05) is 12.1 Å². The number of hydrogen-bond donors (Lipinski definition) is 1. The maximum atomic E-state index is 14.0. The van der Waals surface area contributed by atoms with Gasteiger partial charge in [-0.05, 0) is 75.0 Å². The Hall–Kier alpha value is -3.18. The second-order valence-electron chi connectivity index (χ2n) is 10.4. The van der Waals surface area contributed by atoms with Crippen LogP contribution in [0, 0.1) is 0 Å². The van der Waals surface area contributed by atoms with Gasteiger partial charge in [0.1, 0.15) is 11.6 Å². The minimum atomic E-state index is -4.65. The number of nitrogens with zero attached hydrogens (tertiary/aromatic N) is 4. The molecule has 0 unspecified atom stereocenters. The van der Waals surface area contributed by atoms with Gasteiger partial charge >= 0.3 is 6.18 Å². The lowest BCUT2D eigenvalue weighted by molar-refractivity contribution is -0.137. The standard InChI is InChI=1S/C29H34F3N5O2S/c30-29(31,32)24-15-16-25-33-28(24)23-12-5-4-11-22(23)10-3-1-8-19-37(21-20-36-17-6-2-7-18-36)26-13-9-14-27(34-26)40(38,39)35-25/h4-5,9,11-16H,1-3,6-8,10,17-21H2,(H,33,35). The summed E-state index contributed by atoms with van der Waals surface area (Å²) in [6.45, 7) is 4.46. The van der Waals surface area contributed by atoms with Crippen LogP contribution in [0.1, 0.15) is 49.7 Å². The monoisotopic (exact) mass is 573 g/mol. The summed E-state index contributed by atoms with van der Waals surface area (Å²) in [6, 6.07) is 13.7. The van der Waals surface area contributed by atoms with Crippen LogP contribution in [0.25, 0.3) is 11.3 Å². The van der Waals surface area contributed by atoms with Gasteiger partial charge in [-0.1, -0.05) is 43.2 Å². The third-order valence-corrected chi connectivity index (χ3v) is 8.79. The first-order valence-corrected chi connectivity index (χ1v) is 15.3. The van der Waals surface area contributed by atoms with Crippen molar-refractivity contribution < 1.29 is 21.6 Å². The first-order chi connectivity index (χ1) is 19.2. The van der Waals surface area contributed by atoms with Crippen molar-refractivity contribution in [3.63, 3.8) is 0 Å². The van der Waals surface area contributed by atoms with Gasteiger partial charge in [0.15, 0.2) is 5.03 Å². The number of pyridine rings is 2. The van der Waals surface area contributed by atoms with Crippen molar-refractivity contribution >= 4 is 21.7 Å². The average molecular weight is 574 g/mol. The lowest BCUT2D eigenvalue weighted by atomic mass is 9.96. The highest BCUT2D eigenvalue weighted by Crippen LogP contribution is 2.38. The van der Waals surface area contributed by atoms with Gasteiger partial charge < -0.3 is 9.80 Å². The van der Waals surface area contributed by atoms with E-state index >= 15 is 0 Å². The number of nitrogens with one attached hydrogen (secondary N) is 1. The van der Waals surface area contributed by atoms with Crippen LogP contribution in [-0.4, -0.2) is 56.0 Å². The van der Waals surface area contributed by atoms with E-state index in [4.69, 9.17) is 0 Å². The number of alkyl halides is 3. The lowest BCUT2D eigenvalue weighted by Crippen LogP contribution is -2.38. The van der Waals surface area contributed by atoms with Gasteiger partial charge in [-0.15, -0.1) is 0 Å². The second kappa shape index (κ2) is 12.1. The number of rotatable bonds is 3. The first-order valence-electron chi connectivity index (χ1n) is 13.8. The third kappa shape index (κ3) is 6.75. The molecular formula is C29H34F3N5O2S. The number of anilines is 2. The molecule has 5 rings (SSSR count). The Labute approximate surface area is 233 Å². The average Bonchev–Trinajstić information content (AvgIpc) is 2.94. The van der Waals surface area contributed by atoms with Crippen LogP contribution in [0.5, 0.6) is 0 Å². The summed E-state index contributed by atoms with van der Waals surface area (Å²) in [5.74, 6) is 0.373. The molecule has 2 aliphatic rings. The Kier molecular flexibility index (Phi) is 8.60. The Morgan fingerprint density at radius 1 is 0.800 bits per heavy atom. The summed E-state index contributed by atoms with van der Waals surface area (Å²) in [5, 5.41) is -0.205. The van der Waals surface area contributed by atoms with Crippen LogP contribution in [0.2, 0.25) is 0 Å². The summed E-state index contributed by atoms with van der Waals surface area (Å²) < 4.78 is 71.0. The molecule has 0 spiro atoms. The van der Waals surface area contributed by atoms with E-state index in [9.17, 15) is 21.6 Å². The van der Waals surface area contributed by atoms with Crippen molar-refractivity contribution in [3.05, 3.63) is 65.7 Å². The smallest absolute Gasteiger partial charge is 0.355 e. The van der Waals surface area contributed by atoms with Gasteiger partial charge in [-0.3, -0.25) is 4.72 Å². The molecule has 11 heteroatoms. The largest absolute Gasteiger partial charge is 0.418 e. The van der Waals surface area contributed by atoms with Crippen molar-refractivity contribution in [2.24, 2.45) is 0 Å². The number of sulfonamides is 1. The summed E-state index contributed by atoms with van der Waals surface area (Å²) in [4.78, 5) is 13.3. The molecule has 3 aromatic rings. The topological polar surface area (TPSA) is 78.4 Å². The van der Waals surface area contributed by atoms with Crippen molar-refractivity contribution in [3.8, 4) is 11.3 Å². The van der Waals surface area contributed by atoms with Crippen molar-refractivity contribution in [2.75, 3.05) is 42.3 Å². The minimum absolute atomic E-state index is 0.195. The Morgan fingerprint density at radius 2 is 1.55 bits per heavy atom. The molecule has 1 fully saturated rings. The van der Waals surface area contributed by atoms with E-state index in [1.165, 1.54) is 25.3 Å². The lowest BCUT2D eigenvalue weighted by Gasteiger charge is -2.31. The Balaban J connectivity index is 1.52. The van der Waals surface area contributed by atoms with Crippen LogP contribution in [0.3, 0.4) is 0 Å². The number of piperidine rings is 1. The SMILES string of the molecule is O=S1(=O)Nc2ccc(C(F)(F)F)c(n2)-c2ccccc2CCCCCN(CCN2CCCCC2)c2cccc1n2. The normalized spacial score (nSPS) is 18.5. The number of aryl methyl sites for hydroxylation is 1. The van der Waals surface area contributed by atoms with E-state index in [2.05, 4.69) is 24.5 Å². The highest BCUT2D eigenvalue weighted by Gasteiger charge is 2.35. The number of hydrogen-bond acceptors (Lipinski definition) is 6. The van der Waals surface area contributed by atoms with Gasteiger partial charge in [-0.2, -0.15) is 21.6 Å². The van der Waals surface area contributed by atoms with Crippen molar-refractivity contribution in [2.45, 2.75) is 56.1 Å². The number of likely N-dealkylation sites (tertiary alicyclic amines) is 1. The summed E-state index contributed by atoms with van der Waals surface area (Å²) in [6.07, 6.45) is 2.10. The fraction of sp³-hybridized carbons (Fsp3) is 0.448. The van der Waals surface area contributed by atoms with E-state index < -0.39 is 21.8 Å². The molecule has 0 saturated carbocycles. The van der Waals surface area contributed by atoms with Gasteiger partial charge in [0.2, 0.25) is 0 Å². The molecule has 0 radical (unpaired) electrons. The second-order valence-corrected chi connectivity index (χ2v) is 12.0. The first kappa shape index (κ1) is 28.4.